The fraction of sp³-hybridized carbons (Fsp3) is 0.500. The molecule has 2 aromatic heterocycles. The van der Waals surface area contributed by atoms with E-state index in [4.69, 9.17) is 28.9 Å². The highest BCUT2D eigenvalue weighted by Crippen LogP contribution is 2.37. The summed E-state index contributed by atoms with van der Waals surface area (Å²) in [6, 6.07) is 2.18. The van der Waals surface area contributed by atoms with Crippen LogP contribution in [0.4, 0.5) is 5.95 Å². The molecule has 1 saturated heterocycles. The lowest BCUT2D eigenvalue weighted by Gasteiger charge is -2.36. The summed E-state index contributed by atoms with van der Waals surface area (Å²) in [6.45, 7) is 3.03. The highest BCUT2D eigenvalue weighted by atomic mass is 35.5. The van der Waals surface area contributed by atoms with E-state index in [9.17, 15) is 0 Å². The van der Waals surface area contributed by atoms with Gasteiger partial charge < -0.3 is 10.6 Å². The lowest BCUT2D eigenvalue weighted by molar-refractivity contribution is 0.416. The number of aromatic amines is 1. The normalized spacial score (nSPS) is 23.3. The van der Waals surface area contributed by atoms with Gasteiger partial charge in [-0.1, -0.05) is 23.2 Å². The first-order chi connectivity index (χ1) is 9.56. The minimum Gasteiger partial charge on any atom is -0.335 e. The van der Waals surface area contributed by atoms with Crippen molar-refractivity contribution in [2.75, 3.05) is 11.4 Å². The van der Waals surface area contributed by atoms with E-state index in [2.05, 4.69) is 27.0 Å². The molecule has 3 rings (SSSR count). The molecular formula is C12H15Cl2N5S. The monoisotopic (exact) mass is 331 g/mol. The zero-order valence-corrected chi connectivity index (χ0v) is 13.3. The van der Waals surface area contributed by atoms with Crippen molar-refractivity contribution in [3.05, 3.63) is 14.7 Å². The Bertz CT molecular complexity index is 611. The van der Waals surface area contributed by atoms with Gasteiger partial charge in [-0.2, -0.15) is 4.98 Å². The molecule has 2 unspecified atom stereocenters. The average molecular weight is 332 g/mol. The lowest BCUT2D eigenvalue weighted by atomic mass is 9.99. The van der Waals surface area contributed by atoms with Crippen LogP contribution in [0.1, 0.15) is 19.8 Å². The van der Waals surface area contributed by atoms with Crippen LogP contribution in [0, 0.1) is 0 Å². The Morgan fingerprint density at radius 2 is 2.30 bits per heavy atom. The van der Waals surface area contributed by atoms with Gasteiger partial charge in [-0.3, -0.25) is 5.10 Å². The minimum atomic E-state index is 0.157. The molecular weight excluding hydrogens is 317 g/mol. The molecule has 3 N–H and O–H groups in total. The number of nitrogens with one attached hydrogen (secondary N) is 1. The van der Waals surface area contributed by atoms with Gasteiger partial charge in [-0.05, 0) is 25.8 Å². The Kier molecular flexibility index (Phi) is 3.90. The minimum absolute atomic E-state index is 0.157. The largest absolute Gasteiger partial charge is 0.335 e. The summed E-state index contributed by atoms with van der Waals surface area (Å²) in [6.07, 6.45) is 2.10. The van der Waals surface area contributed by atoms with Gasteiger partial charge in [0.25, 0.3) is 0 Å². The average Bonchev–Trinajstić information content (AvgIpc) is 2.99. The first kappa shape index (κ1) is 14.1. The molecule has 2 atom stereocenters. The third-order valence-electron chi connectivity index (χ3n) is 3.69. The van der Waals surface area contributed by atoms with Gasteiger partial charge in [-0.15, -0.1) is 16.4 Å². The van der Waals surface area contributed by atoms with Gasteiger partial charge in [0.05, 0.1) is 4.34 Å². The number of rotatable bonds is 2. The number of hydrogen-bond donors (Lipinski definition) is 2. The predicted molar refractivity (Wildman–Crippen MR) is 83.7 cm³/mol. The quantitative estimate of drug-likeness (QED) is 0.886. The second-order valence-electron chi connectivity index (χ2n) is 4.96. The Hall–Kier alpha value is -0.820. The summed E-state index contributed by atoms with van der Waals surface area (Å²) < 4.78 is 1.25. The van der Waals surface area contributed by atoms with Crippen molar-refractivity contribution in [1.29, 1.82) is 0 Å². The van der Waals surface area contributed by atoms with Crippen molar-refractivity contribution >= 4 is 40.5 Å². The number of thiophene rings is 1. The summed E-state index contributed by atoms with van der Waals surface area (Å²) >= 11 is 13.4. The first-order valence-corrected chi connectivity index (χ1v) is 8.03. The molecule has 1 aliphatic rings. The zero-order chi connectivity index (χ0) is 14.3. The summed E-state index contributed by atoms with van der Waals surface area (Å²) in [5.74, 6) is 1.31. The molecule has 1 fully saturated rings. The molecule has 0 aromatic carbocycles. The van der Waals surface area contributed by atoms with E-state index in [0.29, 0.717) is 20.4 Å². The molecule has 1 aliphatic heterocycles. The number of nitrogens with zero attached hydrogens (tertiary/aromatic N) is 3. The van der Waals surface area contributed by atoms with E-state index >= 15 is 0 Å². The second kappa shape index (κ2) is 5.52. The van der Waals surface area contributed by atoms with Gasteiger partial charge in [0.1, 0.15) is 4.34 Å². The third-order valence-corrected chi connectivity index (χ3v) is 5.18. The maximum Gasteiger partial charge on any atom is 0.245 e. The van der Waals surface area contributed by atoms with E-state index in [1.165, 1.54) is 11.3 Å². The highest BCUT2D eigenvalue weighted by molar-refractivity contribution is 7.20. The molecule has 0 amide bonds. The van der Waals surface area contributed by atoms with Crippen molar-refractivity contribution in [2.45, 2.75) is 31.8 Å². The summed E-state index contributed by atoms with van der Waals surface area (Å²) in [4.78, 5) is 6.67. The van der Waals surface area contributed by atoms with Crippen LogP contribution in [0.5, 0.6) is 0 Å². The molecule has 0 radical (unpaired) electrons. The maximum absolute atomic E-state index is 6.14. The molecule has 0 aliphatic carbocycles. The van der Waals surface area contributed by atoms with Gasteiger partial charge >= 0.3 is 0 Å². The fourth-order valence-corrected chi connectivity index (χ4v) is 3.92. The molecule has 0 saturated carbocycles. The van der Waals surface area contributed by atoms with E-state index in [-0.39, 0.29) is 12.1 Å². The van der Waals surface area contributed by atoms with Crippen LogP contribution in [-0.2, 0) is 0 Å². The topological polar surface area (TPSA) is 70.8 Å². The Balaban J connectivity index is 1.88. The van der Waals surface area contributed by atoms with Crippen LogP contribution in [0.25, 0.3) is 11.4 Å². The van der Waals surface area contributed by atoms with Gasteiger partial charge in [0, 0.05) is 24.2 Å². The van der Waals surface area contributed by atoms with Crippen LogP contribution in [0.2, 0.25) is 8.67 Å². The van der Waals surface area contributed by atoms with Crippen LogP contribution in [-0.4, -0.2) is 33.8 Å². The number of aromatic nitrogens is 3. The van der Waals surface area contributed by atoms with E-state index in [1.54, 1.807) is 6.07 Å². The molecule has 0 bridgehead atoms. The summed E-state index contributed by atoms with van der Waals surface area (Å²) in [5, 5.41) is 7.22. The Morgan fingerprint density at radius 3 is 3.00 bits per heavy atom. The van der Waals surface area contributed by atoms with Gasteiger partial charge in [0.2, 0.25) is 5.95 Å². The zero-order valence-electron chi connectivity index (χ0n) is 10.9. The van der Waals surface area contributed by atoms with Crippen molar-refractivity contribution in [3.8, 4) is 11.4 Å². The molecule has 5 nitrogen and oxygen atoms in total. The smallest absolute Gasteiger partial charge is 0.245 e. The van der Waals surface area contributed by atoms with Crippen molar-refractivity contribution in [1.82, 2.24) is 15.2 Å². The van der Waals surface area contributed by atoms with Crippen LogP contribution >= 0.6 is 34.5 Å². The number of hydrogen-bond acceptors (Lipinski definition) is 5. The maximum atomic E-state index is 6.14. The Labute approximate surface area is 131 Å². The number of halogens is 2. The van der Waals surface area contributed by atoms with Crippen LogP contribution < -0.4 is 10.6 Å². The van der Waals surface area contributed by atoms with Crippen molar-refractivity contribution in [3.63, 3.8) is 0 Å². The van der Waals surface area contributed by atoms with Crippen molar-refractivity contribution in [2.24, 2.45) is 5.73 Å². The predicted octanol–water partition coefficient (Wildman–Crippen LogP) is 3.16. The number of nitrogens with two attached hydrogens (primary N) is 1. The summed E-state index contributed by atoms with van der Waals surface area (Å²) in [7, 11) is 0. The first-order valence-electron chi connectivity index (χ1n) is 6.46. The molecule has 8 heteroatoms. The van der Waals surface area contributed by atoms with Gasteiger partial charge in [0.15, 0.2) is 5.82 Å². The van der Waals surface area contributed by atoms with Crippen molar-refractivity contribution < 1.29 is 0 Å². The second-order valence-corrected chi connectivity index (χ2v) is 7.25. The number of H-pyrrole nitrogens is 1. The van der Waals surface area contributed by atoms with E-state index in [1.807, 2.05) is 0 Å². The molecule has 0 spiro atoms. The fourth-order valence-electron chi connectivity index (χ4n) is 2.46. The molecule has 3 heterocycles. The molecule has 2 aromatic rings. The third kappa shape index (κ3) is 2.53. The van der Waals surface area contributed by atoms with E-state index in [0.717, 1.165) is 24.9 Å². The lowest BCUT2D eigenvalue weighted by Crippen LogP contribution is -2.50. The number of anilines is 1. The molecule has 108 valence electrons. The van der Waals surface area contributed by atoms with Gasteiger partial charge in [-0.25, -0.2) is 0 Å². The SMILES string of the molecule is CC1C(N)CCCN1c1n[nH]c(-c2cc(Cl)sc2Cl)n1. The standard InChI is InChI=1S/C12H15Cl2N5S/c1-6-8(15)3-2-4-19(6)12-16-11(17-18-12)7-5-9(13)20-10(7)14/h5-6,8H,2-4,15H2,1H3,(H,16,17,18). The highest BCUT2D eigenvalue weighted by Gasteiger charge is 2.28. The van der Waals surface area contributed by atoms with Crippen LogP contribution in [0.15, 0.2) is 6.07 Å². The van der Waals surface area contributed by atoms with Crippen LogP contribution in [0.3, 0.4) is 0 Å². The number of piperidine rings is 1. The molecule has 20 heavy (non-hydrogen) atoms. The van der Waals surface area contributed by atoms with E-state index < -0.39 is 0 Å². The summed E-state index contributed by atoms with van der Waals surface area (Å²) in [5.41, 5.74) is 6.89. The Morgan fingerprint density at radius 1 is 1.50 bits per heavy atom.